The van der Waals surface area contributed by atoms with Crippen LogP contribution in [-0.4, -0.2) is 30.0 Å². The smallest absolute Gasteiger partial charge is 0.0783 e. The lowest BCUT2D eigenvalue weighted by molar-refractivity contribution is 0.255. The van der Waals surface area contributed by atoms with E-state index in [-0.39, 0.29) is 0 Å². The number of hydrogen-bond donors (Lipinski definition) is 0. The van der Waals surface area contributed by atoms with Gasteiger partial charge in [0.2, 0.25) is 0 Å². The summed E-state index contributed by atoms with van der Waals surface area (Å²) in [5.41, 5.74) is 5.30. The van der Waals surface area contributed by atoms with Crippen molar-refractivity contribution in [1.82, 2.24) is 9.88 Å². The summed E-state index contributed by atoms with van der Waals surface area (Å²) in [5, 5.41) is 2.50. The van der Waals surface area contributed by atoms with Gasteiger partial charge in [-0.05, 0) is 68.4 Å². The lowest BCUT2D eigenvalue weighted by Gasteiger charge is -2.30. The van der Waals surface area contributed by atoms with Gasteiger partial charge in [0.1, 0.15) is 0 Å². The first-order chi connectivity index (χ1) is 11.7. The third-order valence-corrected chi connectivity index (χ3v) is 5.46. The Balaban J connectivity index is 1.80. The lowest BCUT2D eigenvalue weighted by Crippen LogP contribution is -2.29. The van der Waals surface area contributed by atoms with Crippen LogP contribution >= 0.6 is 0 Å². The highest BCUT2D eigenvalue weighted by Crippen LogP contribution is 2.35. The molecule has 0 radical (unpaired) electrons. The van der Waals surface area contributed by atoms with Crippen molar-refractivity contribution < 1.29 is 0 Å². The maximum atomic E-state index is 4.73. The molecule has 1 aliphatic rings. The van der Waals surface area contributed by atoms with Crippen LogP contribution < -0.4 is 0 Å². The molecule has 1 saturated heterocycles. The number of pyridine rings is 1. The monoisotopic (exact) mass is 316 g/mol. The standard InChI is InChI=1S/C22H24N2/c1-16-19(18-11-14-24(2)15-12-18)8-5-9-20(16)22-21-7-4-3-6-17(21)10-13-23-22/h3-10,13,18H,11-12,14-15H2,1-2H3. The lowest BCUT2D eigenvalue weighted by atomic mass is 9.84. The molecule has 0 unspecified atom stereocenters. The van der Waals surface area contributed by atoms with Crippen molar-refractivity contribution in [2.75, 3.05) is 20.1 Å². The van der Waals surface area contributed by atoms with Crippen molar-refractivity contribution in [1.29, 1.82) is 0 Å². The molecule has 3 aromatic rings. The van der Waals surface area contributed by atoms with Crippen LogP contribution in [0.3, 0.4) is 0 Å². The number of piperidine rings is 1. The second-order valence-electron chi connectivity index (χ2n) is 6.98. The van der Waals surface area contributed by atoms with Gasteiger partial charge in [0, 0.05) is 17.1 Å². The molecule has 1 aromatic heterocycles. The Labute approximate surface area is 144 Å². The first-order valence-electron chi connectivity index (χ1n) is 8.86. The predicted molar refractivity (Wildman–Crippen MR) is 101 cm³/mol. The molecular formula is C22H24N2. The number of fused-ring (bicyclic) bond motifs is 1. The first kappa shape index (κ1) is 15.3. The molecule has 0 atom stereocenters. The maximum absolute atomic E-state index is 4.73. The minimum Gasteiger partial charge on any atom is -0.306 e. The average molecular weight is 316 g/mol. The van der Waals surface area contributed by atoms with Gasteiger partial charge in [-0.25, -0.2) is 0 Å². The Morgan fingerprint density at radius 1 is 0.958 bits per heavy atom. The molecular weight excluding hydrogens is 292 g/mol. The quantitative estimate of drug-likeness (QED) is 0.660. The minimum absolute atomic E-state index is 0.677. The average Bonchev–Trinajstić information content (AvgIpc) is 2.62. The summed E-state index contributed by atoms with van der Waals surface area (Å²) in [7, 11) is 2.22. The molecule has 1 fully saturated rings. The molecule has 0 amide bonds. The van der Waals surface area contributed by atoms with E-state index in [2.05, 4.69) is 67.4 Å². The Bertz CT molecular complexity index is 855. The van der Waals surface area contributed by atoms with E-state index >= 15 is 0 Å². The van der Waals surface area contributed by atoms with Gasteiger partial charge in [-0.1, -0.05) is 42.5 Å². The van der Waals surface area contributed by atoms with E-state index in [0.29, 0.717) is 5.92 Å². The zero-order chi connectivity index (χ0) is 16.5. The van der Waals surface area contributed by atoms with E-state index in [1.165, 1.54) is 53.4 Å². The van der Waals surface area contributed by atoms with Crippen LogP contribution in [0, 0.1) is 6.92 Å². The Morgan fingerprint density at radius 3 is 2.58 bits per heavy atom. The van der Waals surface area contributed by atoms with Gasteiger partial charge in [-0.3, -0.25) is 4.98 Å². The zero-order valence-electron chi connectivity index (χ0n) is 14.5. The molecule has 0 saturated carbocycles. The van der Waals surface area contributed by atoms with Gasteiger partial charge in [0.15, 0.2) is 0 Å². The van der Waals surface area contributed by atoms with E-state index in [4.69, 9.17) is 4.98 Å². The van der Waals surface area contributed by atoms with Crippen molar-refractivity contribution in [3.8, 4) is 11.3 Å². The first-order valence-corrected chi connectivity index (χ1v) is 8.86. The van der Waals surface area contributed by atoms with E-state index in [9.17, 15) is 0 Å². The molecule has 1 aliphatic heterocycles. The van der Waals surface area contributed by atoms with Crippen molar-refractivity contribution in [3.05, 3.63) is 65.9 Å². The molecule has 4 rings (SSSR count). The van der Waals surface area contributed by atoms with Crippen LogP contribution in [0.4, 0.5) is 0 Å². The van der Waals surface area contributed by atoms with Gasteiger partial charge in [0.05, 0.1) is 5.69 Å². The van der Waals surface area contributed by atoms with Crippen molar-refractivity contribution >= 4 is 10.8 Å². The van der Waals surface area contributed by atoms with E-state index in [1.807, 2.05) is 6.20 Å². The predicted octanol–water partition coefficient (Wildman–Crippen LogP) is 5.02. The molecule has 24 heavy (non-hydrogen) atoms. The fourth-order valence-electron chi connectivity index (χ4n) is 4.01. The molecule has 2 aromatic carbocycles. The third kappa shape index (κ3) is 2.71. The maximum Gasteiger partial charge on any atom is 0.0783 e. The van der Waals surface area contributed by atoms with E-state index < -0.39 is 0 Å². The fourth-order valence-corrected chi connectivity index (χ4v) is 4.01. The summed E-state index contributed by atoms with van der Waals surface area (Å²) in [6, 6.07) is 17.4. The SMILES string of the molecule is Cc1c(-c2nccc3ccccc23)cccc1C1CCN(C)CC1. The summed E-state index contributed by atoms with van der Waals surface area (Å²) < 4.78 is 0. The molecule has 2 heteroatoms. The number of aromatic nitrogens is 1. The van der Waals surface area contributed by atoms with Crippen LogP contribution in [0.15, 0.2) is 54.7 Å². The molecule has 122 valence electrons. The summed E-state index contributed by atoms with van der Waals surface area (Å²) in [6.07, 6.45) is 4.44. The second kappa shape index (κ2) is 6.37. The minimum atomic E-state index is 0.677. The molecule has 2 nitrogen and oxygen atoms in total. The second-order valence-corrected chi connectivity index (χ2v) is 6.98. The number of rotatable bonds is 2. The van der Waals surface area contributed by atoms with Crippen molar-refractivity contribution in [2.45, 2.75) is 25.7 Å². The molecule has 0 aliphatic carbocycles. The van der Waals surface area contributed by atoms with Gasteiger partial charge in [-0.15, -0.1) is 0 Å². The summed E-state index contributed by atoms with van der Waals surface area (Å²) in [4.78, 5) is 7.16. The van der Waals surface area contributed by atoms with Crippen LogP contribution in [-0.2, 0) is 0 Å². The Hall–Kier alpha value is -2.19. The van der Waals surface area contributed by atoms with Crippen LogP contribution in [0.2, 0.25) is 0 Å². The van der Waals surface area contributed by atoms with E-state index in [1.54, 1.807) is 0 Å². The Kier molecular flexibility index (Phi) is 4.07. The van der Waals surface area contributed by atoms with Gasteiger partial charge >= 0.3 is 0 Å². The number of hydrogen-bond acceptors (Lipinski definition) is 2. The fraction of sp³-hybridized carbons (Fsp3) is 0.318. The van der Waals surface area contributed by atoms with Crippen molar-refractivity contribution in [2.24, 2.45) is 0 Å². The molecule has 0 bridgehead atoms. The summed E-state index contributed by atoms with van der Waals surface area (Å²) in [6.45, 7) is 4.66. The van der Waals surface area contributed by atoms with Gasteiger partial charge < -0.3 is 4.90 Å². The third-order valence-electron chi connectivity index (χ3n) is 5.46. The molecule has 0 N–H and O–H groups in total. The van der Waals surface area contributed by atoms with Gasteiger partial charge in [-0.2, -0.15) is 0 Å². The topological polar surface area (TPSA) is 16.1 Å². The number of nitrogens with zero attached hydrogens (tertiary/aromatic N) is 2. The highest BCUT2D eigenvalue weighted by Gasteiger charge is 2.21. The summed E-state index contributed by atoms with van der Waals surface area (Å²) in [5.74, 6) is 0.677. The normalized spacial score (nSPS) is 16.6. The van der Waals surface area contributed by atoms with Crippen LogP contribution in [0.25, 0.3) is 22.0 Å². The van der Waals surface area contributed by atoms with E-state index in [0.717, 1.165) is 5.69 Å². The van der Waals surface area contributed by atoms with Gasteiger partial charge in [0.25, 0.3) is 0 Å². The van der Waals surface area contributed by atoms with Crippen LogP contribution in [0.5, 0.6) is 0 Å². The Morgan fingerprint density at radius 2 is 1.75 bits per heavy atom. The highest BCUT2D eigenvalue weighted by atomic mass is 15.1. The van der Waals surface area contributed by atoms with Crippen molar-refractivity contribution in [3.63, 3.8) is 0 Å². The summed E-state index contributed by atoms with van der Waals surface area (Å²) >= 11 is 0. The number of likely N-dealkylation sites (tertiary alicyclic amines) is 1. The number of benzene rings is 2. The zero-order valence-corrected chi connectivity index (χ0v) is 14.5. The molecule has 2 heterocycles. The largest absolute Gasteiger partial charge is 0.306 e. The highest BCUT2D eigenvalue weighted by molar-refractivity contribution is 5.95. The van der Waals surface area contributed by atoms with Crippen LogP contribution in [0.1, 0.15) is 29.9 Å². The molecule has 0 spiro atoms.